The van der Waals surface area contributed by atoms with E-state index in [2.05, 4.69) is 12.2 Å². The Morgan fingerprint density at radius 1 is 1.47 bits per heavy atom. The summed E-state index contributed by atoms with van der Waals surface area (Å²) in [5.74, 6) is 1.18. The molecule has 0 heterocycles. The molecule has 0 bridgehead atoms. The quantitative estimate of drug-likeness (QED) is 0.798. The molecule has 0 radical (unpaired) electrons. The van der Waals surface area contributed by atoms with Crippen molar-refractivity contribution in [3.8, 4) is 0 Å². The number of nitrogens with two attached hydrogens (primary N) is 1. The first-order valence-electron chi connectivity index (χ1n) is 6.51. The van der Waals surface area contributed by atoms with Gasteiger partial charge in [0.1, 0.15) is 5.60 Å². The number of amides is 1. The van der Waals surface area contributed by atoms with E-state index in [9.17, 15) is 4.79 Å². The molecule has 0 aromatic heterocycles. The van der Waals surface area contributed by atoms with Gasteiger partial charge < -0.3 is 15.8 Å². The van der Waals surface area contributed by atoms with E-state index in [0.29, 0.717) is 11.8 Å². The van der Waals surface area contributed by atoms with Crippen LogP contribution in [0.3, 0.4) is 0 Å². The van der Waals surface area contributed by atoms with Gasteiger partial charge in [0, 0.05) is 6.04 Å². The summed E-state index contributed by atoms with van der Waals surface area (Å²) < 4.78 is 5.25. The highest BCUT2D eigenvalue weighted by Crippen LogP contribution is 2.31. The van der Waals surface area contributed by atoms with E-state index >= 15 is 0 Å². The maximum Gasteiger partial charge on any atom is 0.407 e. The third kappa shape index (κ3) is 4.94. The number of carbonyl (C=O) groups is 1. The van der Waals surface area contributed by atoms with Crippen LogP contribution in [0.5, 0.6) is 0 Å². The minimum Gasteiger partial charge on any atom is -0.444 e. The second-order valence-corrected chi connectivity index (χ2v) is 6.13. The van der Waals surface area contributed by atoms with Crippen molar-refractivity contribution < 1.29 is 9.53 Å². The monoisotopic (exact) mass is 242 g/mol. The van der Waals surface area contributed by atoms with Crippen LogP contribution in [0.15, 0.2) is 0 Å². The van der Waals surface area contributed by atoms with Gasteiger partial charge in [0.25, 0.3) is 0 Å². The van der Waals surface area contributed by atoms with Gasteiger partial charge in [-0.3, -0.25) is 0 Å². The highest BCUT2D eigenvalue weighted by molar-refractivity contribution is 5.68. The van der Waals surface area contributed by atoms with Gasteiger partial charge in [-0.2, -0.15) is 0 Å². The number of rotatable bonds is 3. The largest absolute Gasteiger partial charge is 0.444 e. The van der Waals surface area contributed by atoms with Crippen LogP contribution in [0.1, 0.15) is 47.0 Å². The van der Waals surface area contributed by atoms with Gasteiger partial charge in [-0.1, -0.05) is 6.92 Å². The van der Waals surface area contributed by atoms with Crippen molar-refractivity contribution in [1.29, 1.82) is 0 Å². The summed E-state index contributed by atoms with van der Waals surface area (Å²) in [6, 6.07) is 0.254. The summed E-state index contributed by atoms with van der Waals surface area (Å²) in [5, 5.41) is 2.94. The Balaban J connectivity index is 2.33. The molecule has 17 heavy (non-hydrogen) atoms. The van der Waals surface area contributed by atoms with Crippen LogP contribution in [0.25, 0.3) is 0 Å². The second-order valence-electron chi connectivity index (χ2n) is 6.13. The number of alkyl carbamates (subject to hydrolysis) is 1. The van der Waals surface area contributed by atoms with E-state index < -0.39 is 5.60 Å². The van der Waals surface area contributed by atoms with Gasteiger partial charge in [0.2, 0.25) is 0 Å². The molecule has 1 fully saturated rings. The van der Waals surface area contributed by atoms with Crippen molar-refractivity contribution in [3.63, 3.8) is 0 Å². The zero-order valence-electron chi connectivity index (χ0n) is 11.5. The van der Waals surface area contributed by atoms with Crippen LogP contribution in [0.4, 0.5) is 4.79 Å². The Kier molecular flexibility index (Phi) is 4.80. The van der Waals surface area contributed by atoms with Gasteiger partial charge in [-0.25, -0.2) is 4.79 Å². The van der Waals surface area contributed by atoms with E-state index in [4.69, 9.17) is 10.5 Å². The molecule has 0 saturated heterocycles. The number of ether oxygens (including phenoxy) is 1. The molecule has 0 spiro atoms. The summed E-state index contributed by atoms with van der Waals surface area (Å²) in [6.45, 7) is 8.53. The van der Waals surface area contributed by atoms with Gasteiger partial charge in [-0.15, -0.1) is 0 Å². The molecule has 3 N–H and O–H groups in total. The molecular formula is C13H26N2O2. The Hall–Kier alpha value is -0.770. The summed E-state index contributed by atoms with van der Waals surface area (Å²) in [4.78, 5) is 11.6. The van der Waals surface area contributed by atoms with Crippen LogP contribution >= 0.6 is 0 Å². The van der Waals surface area contributed by atoms with Gasteiger partial charge in [0.15, 0.2) is 0 Å². The lowest BCUT2D eigenvalue weighted by molar-refractivity contribution is 0.0504. The molecule has 0 aromatic rings. The molecule has 1 rings (SSSR count). The fourth-order valence-corrected chi connectivity index (χ4v) is 2.33. The maximum absolute atomic E-state index is 11.6. The summed E-state index contributed by atoms with van der Waals surface area (Å²) in [5.41, 5.74) is 5.25. The minimum absolute atomic E-state index is 0.254. The molecule has 1 saturated carbocycles. The van der Waals surface area contributed by atoms with Gasteiger partial charge in [-0.05, 0) is 58.4 Å². The molecule has 4 nitrogen and oxygen atoms in total. The lowest BCUT2D eigenvalue weighted by Crippen LogP contribution is -2.38. The van der Waals surface area contributed by atoms with Crippen LogP contribution in [0.2, 0.25) is 0 Å². The molecule has 3 atom stereocenters. The smallest absolute Gasteiger partial charge is 0.407 e. The average Bonchev–Trinajstić information content (AvgIpc) is 2.62. The van der Waals surface area contributed by atoms with E-state index in [1.165, 1.54) is 0 Å². The van der Waals surface area contributed by atoms with Crippen molar-refractivity contribution >= 4 is 6.09 Å². The summed E-state index contributed by atoms with van der Waals surface area (Å²) in [6.07, 6.45) is 2.91. The number of nitrogens with one attached hydrogen (secondary N) is 1. The number of hydrogen-bond acceptors (Lipinski definition) is 3. The maximum atomic E-state index is 11.6. The minimum atomic E-state index is -0.424. The molecule has 100 valence electrons. The lowest BCUT2D eigenvalue weighted by atomic mass is 9.93. The first kappa shape index (κ1) is 14.3. The fraction of sp³-hybridized carbons (Fsp3) is 0.923. The van der Waals surface area contributed by atoms with Gasteiger partial charge in [0.05, 0.1) is 0 Å². The topological polar surface area (TPSA) is 64.3 Å². The highest BCUT2D eigenvalue weighted by Gasteiger charge is 2.30. The van der Waals surface area contributed by atoms with Crippen molar-refractivity contribution in [2.75, 3.05) is 6.54 Å². The Morgan fingerprint density at radius 3 is 2.65 bits per heavy atom. The van der Waals surface area contributed by atoms with Crippen molar-refractivity contribution in [2.45, 2.75) is 58.6 Å². The van der Waals surface area contributed by atoms with Crippen molar-refractivity contribution in [3.05, 3.63) is 0 Å². The van der Waals surface area contributed by atoms with Crippen LogP contribution < -0.4 is 11.1 Å². The van der Waals surface area contributed by atoms with Crippen molar-refractivity contribution in [2.24, 2.45) is 17.6 Å². The van der Waals surface area contributed by atoms with E-state index in [-0.39, 0.29) is 12.1 Å². The molecule has 0 aliphatic heterocycles. The zero-order chi connectivity index (χ0) is 13.1. The Bertz CT molecular complexity index is 261. The molecule has 1 aliphatic carbocycles. The first-order valence-corrected chi connectivity index (χ1v) is 6.51. The Labute approximate surface area is 104 Å². The second kappa shape index (κ2) is 5.71. The lowest BCUT2D eigenvalue weighted by Gasteiger charge is -2.22. The number of carbonyl (C=O) groups excluding carboxylic acids is 1. The fourth-order valence-electron chi connectivity index (χ4n) is 2.33. The van der Waals surface area contributed by atoms with Crippen LogP contribution in [-0.4, -0.2) is 24.3 Å². The molecule has 1 aliphatic rings. The van der Waals surface area contributed by atoms with Crippen molar-refractivity contribution in [1.82, 2.24) is 5.32 Å². The third-order valence-electron chi connectivity index (χ3n) is 3.37. The van der Waals surface area contributed by atoms with E-state index in [1.807, 2.05) is 20.8 Å². The third-order valence-corrected chi connectivity index (χ3v) is 3.37. The highest BCUT2D eigenvalue weighted by atomic mass is 16.6. The Morgan fingerprint density at radius 2 is 2.12 bits per heavy atom. The number of hydrogen-bond donors (Lipinski definition) is 2. The molecule has 1 amide bonds. The standard InChI is InChI=1S/C13H26N2O2/c1-9(8-14)10-5-6-11(7-10)15-12(16)17-13(2,3)4/h9-11H,5-8,14H2,1-4H3,(H,15,16). The molecule has 0 aromatic carbocycles. The normalized spacial score (nSPS) is 26.6. The SMILES string of the molecule is CC(CN)C1CCC(NC(=O)OC(C)(C)C)C1. The molecule has 4 heteroatoms. The molecular weight excluding hydrogens is 216 g/mol. The average molecular weight is 242 g/mol. The first-order chi connectivity index (χ1) is 7.81. The van der Waals surface area contributed by atoms with Gasteiger partial charge >= 0.3 is 6.09 Å². The van der Waals surface area contributed by atoms with Crippen LogP contribution in [-0.2, 0) is 4.74 Å². The van der Waals surface area contributed by atoms with Crippen LogP contribution in [0, 0.1) is 11.8 Å². The molecule has 3 unspecified atom stereocenters. The predicted molar refractivity (Wildman–Crippen MR) is 68.7 cm³/mol. The predicted octanol–water partition coefficient (Wildman–Crippen LogP) is 2.27. The van der Waals surface area contributed by atoms with E-state index in [1.54, 1.807) is 0 Å². The summed E-state index contributed by atoms with van der Waals surface area (Å²) in [7, 11) is 0. The van der Waals surface area contributed by atoms with E-state index in [0.717, 1.165) is 25.8 Å². The summed E-state index contributed by atoms with van der Waals surface area (Å²) >= 11 is 0. The zero-order valence-corrected chi connectivity index (χ0v) is 11.5.